The zero-order chi connectivity index (χ0) is 20.5. The molecule has 144 valence electrons. The second-order valence-corrected chi connectivity index (χ2v) is 7.09. The van der Waals surface area contributed by atoms with Crippen molar-refractivity contribution in [1.29, 1.82) is 0 Å². The van der Waals surface area contributed by atoms with Crippen LogP contribution in [0.3, 0.4) is 0 Å². The topological polar surface area (TPSA) is 47.8 Å². The van der Waals surface area contributed by atoms with Crippen LogP contribution in [0.25, 0.3) is 16.6 Å². The highest BCUT2D eigenvalue weighted by atomic mass is 16.5. The van der Waals surface area contributed by atoms with Gasteiger partial charge in [-0.3, -0.25) is 9.59 Å². The number of ether oxygens (including phenoxy) is 1. The first-order chi connectivity index (χ1) is 14.0. The number of pyridine rings is 1. The van der Waals surface area contributed by atoms with Gasteiger partial charge in [-0.15, -0.1) is 0 Å². The normalized spacial score (nSPS) is 10.9. The summed E-state index contributed by atoms with van der Waals surface area (Å²) in [5, 5.41) is 0. The van der Waals surface area contributed by atoms with E-state index in [1.165, 1.54) is 0 Å². The van der Waals surface area contributed by atoms with Crippen molar-refractivity contribution < 1.29 is 14.3 Å². The SMILES string of the molecule is COc1ccc(C(=O)c2cc(-c3ccc(C)cc3)c3cc(C(C)=O)ccn23)cc1. The second kappa shape index (κ2) is 7.40. The maximum absolute atomic E-state index is 13.2. The van der Waals surface area contributed by atoms with Gasteiger partial charge in [-0.25, -0.2) is 0 Å². The Kier molecular flexibility index (Phi) is 4.77. The molecule has 0 N–H and O–H groups in total. The number of carbonyl (C=O) groups excluding carboxylic acids is 2. The Hall–Kier alpha value is -3.66. The summed E-state index contributed by atoms with van der Waals surface area (Å²) in [6.07, 6.45) is 1.79. The third-order valence-corrected chi connectivity index (χ3v) is 5.13. The Bertz CT molecular complexity index is 1220. The first-order valence-electron chi connectivity index (χ1n) is 9.40. The summed E-state index contributed by atoms with van der Waals surface area (Å²) < 4.78 is 7.04. The number of methoxy groups -OCH3 is 1. The number of carbonyl (C=O) groups is 2. The number of fused-ring (bicyclic) bond motifs is 1. The first-order valence-corrected chi connectivity index (χ1v) is 9.40. The average molecular weight is 383 g/mol. The van der Waals surface area contributed by atoms with E-state index in [0.717, 1.165) is 22.2 Å². The summed E-state index contributed by atoms with van der Waals surface area (Å²) in [6.45, 7) is 3.58. The molecule has 0 radical (unpaired) electrons. The van der Waals surface area contributed by atoms with Gasteiger partial charge in [0, 0.05) is 22.9 Å². The van der Waals surface area contributed by atoms with Crippen LogP contribution in [0.5, 0.6) is 5.75 Å². The Labute approximate surface area is 169 Å². The molecule has 2 aromatic heterocycles. The third-order valence-electron chi connectivity index (χ3n) is 5.13. The smallest absolute Gasteiger partial charge is 0.209 e. The van der Waals surface area contributed by atoms with Crippen LogP contribution in [0.15, 0.2) is 72.9 Å². The predicted molar refractivity (Wildman–Crippen MR) is 114 cm³/mol. The average Bonchev–Trinajstić information content (AvgIpc) is 3.12. The second-order valence-electron chi connectivity index (χ2n) is 7.09. The monoisotopic (exact) mass is 383 g/mol. The van der Waals surface area contributed by atoms with Crippen molar-refractivity contribution in [2.45, 2.75) is 13.8 Å². The Balaban J connectivity index is 1.90. The van der Waals surface area contributed by atoms with E-state index < -0.39 is 0 Å². The molecule has 0 aliphatic carbocycles. The fourth-order valence-electron chi connectivity index (χ4n) is 3.45. The Morgan fingerprint density at radius 1 is 0.862 bits per heavy atom. The van der Waals surface area contributed by atoms with E-state index in [4.69, 9.17) is 4.74 Å². The van der Waals surface area contributed by atoms with Crippen molar-refractivity contribution >= 4 is 17.1 Å². The number of benzene rings is 2. The summed E-state index contributed by atoms with van der Waals surface area (Å²) in [7, 11) is 1.60. The summed E-state index contributed by atoms with van der Waals surface area (Å²) in [5.74, 6) is 0.608. The number of hydrogen-bond donors (Lipinski definition) is 0. The van der Waals surface area contributed by atoms with Gasteiger partial charge in [0.25, 0.3) is 0 Å². The molecule has 4 heteroatoms. The molecule has 0 bridgehead atoms. The molecule has 4 rings (SSSR count). The first kappa shape index (κ1) is 18.7. The molecule has 29 heavy (non-hydrogen) atoms. The van der Waals surface area contributed by atoms with Gasteiger partial charge < -0.3 is 9.14 Å². The van der Waals surface area contributed by atoms with E-state index >= 15 is 0 Å². The molecule has 0 aliphatic rings. The van der Waals surface area contributed by atoms with Crippen molar-refractivity contribution in [2.75, 3.05) is 7.11 Å². The van der Waals surface area contributed by atoms with Gasteiger partial charge in [0.05, 0.1) is 18.3 Å². The number of nitrogens with zero attached hydrogens (tertiary/aromatic N) is 1. The van der Waals surface area contributed by atoms with Gasteiger partial charge in [0.15, 0.2) is 5.78 Å². The largest absolute Gasteiger partial charge is 0.497 e. The molecule has 0 saturated heterocycles. The minimum absolute atomic E-state index is 0.00779. The van der Waals surface area contributed by atoms with Crippen LogP contribution in [-0.2, 0) is 0 Å². The number of hydrogen-bond acceptors (Lipinski definition) is 3. The van der Waals surface area contributed by atoms with Crippen LogP contribution in [0.1, 0.15) is 38.9 Å². The molecular formula is C25H21NO3. The van der Waals surface area contributed by atoms with Crippen molar-refractivity contribution in [2.24, 2.45) is 0 Å². The van der Waals surface area contributed by atoms with E-state index in [-0.39, 0.29) is 11.6 Å². The van der Waals surface area contributed by atoms with E-state index in [1.54, 1.807) is 50.6 Å². The Morgan fingerprint density at radius 2 is 1.55 bits per heavy atom. The fourth-order valence-corrected chi connectivity index (χ4v) is 3.45. The van der Waals surface area contributed by atoms with Crippen LogP contribution in [0.4, 0.5) is 0 Å². The summed E-state index contributed by atoms with van der Waals surface area (Å²) in [5.41, 5.74) is 5.67. The highest BCUT2D eigenvalue weighted by Crippen LogP contribution is 2.30. The summed E-state index contributed by atoms with van der Waals surface area (Å²) in [4.78, 5) is 25.2. The lowest BCUT2D eigenvalue weighted by molar-refractivity contribution is 0.101. The van der Waals surface area contributed by atoms with Gasteiger partial charge in [-0.05, 0) is 61.9 Å². The Morgan fingerprint density at radius 3 is 2.17 bits per heavy atom. The highest BCUT2D eigenvalue weighted by molar-refractivity contribution is 6.10. The van der Waals surface area contributed by atoms with E-state index in [2.05, 4.69) is 0 Å². The molecule has 2 heterocycles. The third kappa shape index (κ3) is 3.45. The maximum Gasteiger partial charge on any atom is 0.209 e. The van der Waals surface area contributed by atoms with Crippen molar-refractivity contribution in [3.05, 3.63) is 95.3 Å². The lowest BCUT2D eigenvalue weighted by Crippen LogP contribution is -2.05. The minimum atomic E-state index is -0.0865. The van der Waals surface area contributed by atoms with Gasteiger partial charge in [0.2, 0.25) is 5.78 Å². The lowest BCUT2D eigenvalue weighted by atomic mass is 10.0. The molecule has 0 saturated carbocycles. The number of rotatable bonds is 5. The molecule has 2 aromatic carbocycles. The quantitative estimate of drug-likeness (QED) is 0.436. The highest BCUT2D eigenvalue weighted by Gasteiger charge is 2.19. The zero-order valence-corrected chi connectivity index (χ0v) is 16.6. The molecular weight excluding hydrogens is 362 g/mol. The summed E-state index contributed by atoms with van der Waals surface area (Å²) >= 11 is 0. The van der Waals surface area contributed by atoms with Crippen LogP contribution < -0.4 is 4.74 Å². The van der Waals surface area contributed by atoms with Crippen molar-refractivity contribution in [3.8, 4) is 16.9 Å². The standard InChI is InChI=1S/C25H21NO3/c1-16-4-6-18(7-5-16)22-15-24(25(28)19-8-10-21(29-3)11-9-19)26-13-12-20(17(2)27)14-23(22)26/h4-15H,1-3H3. The lowest BCUT2D eigenvalue weighted by Gasteiger charge is -2.06. The molecule has 0 fully saturated rings. The number of aromatic nitrogens is 1. The molecule has 4 nitrogen and oxygen atoms in total. The van der Waals surface area contributed by atoms with Crippen molar-refractivity contribution in [1.82, 2.24) is 4.40 Å². The van der Waals surface area contributed by atoms with Gasteiger partial charge in [0.1, 0.15) is 5.75 Å². The number of aryl methyl sites for hydroxylation is 1. The maximum atomic E-state index is 13.2. The molecule has 0 atom stereocenters. The minimum Gasteiger partial charge on any atom is -0.497 e. The van der Waals surface area contributed by atoms with Gasteiger partial charge >= 0.3 is 0 Å². The number of ketones is 2. The van der Waals surface area contributed by atoms with Crippen LogP contribution in [-0.4, -0.2) is 23.1 Å². The fraction of sp³-hybridized carbons (Fsp3) is 0.120. The molecule has 0 spiro atoms. The molecule has 0 aliphatic heterocycles. The van der Waals surface area contributed by atoms with Crippen LogP contribution in [0.2, 0.25) is 0 Å². The van der Waals surface area contributed by atoms with Gasteiger partial charge in [-0.1, -0.05) is 29.8 Å². The summed E-state index contributed by atoms with van der Waals surface area (Å²) in [6, 6.07) is 20.7. The van der Waals surface area contributed by atoms with E-state index in [1.807, 2.05) is 47.7 Å². The molecule has 0 amide bonds. The number of Topliss-reactive ketones (excluding diaryl/α,β-unsaturated/α-hetero) is 1. The van der Waals surface area contributed by atoms with Crippen molar-refractivity contribution in [3.63, 3.8) is 0 Å². The van der Waals surface area contributed by atoms with E-state index in [0.29, 0.717) is 22.6 Å². The van der Waals surface area contributed by atoms with E-state index in [9.17, 15) is 9.59 Å². The zero-order valence-electron chi connectivity index (χ0n) is 16.6. The van der Waals surface area contributed by atoms with Gasteiger partial charge in [-0.2, -0.15) is 0 Å². The molecule has 4 aromatic rings. The van der Waals surface area contributed by atoms with Crippen LogP contribution >= 0.6 is 0 Å². The molecule has 0 unspecified atom stereocenters. The predicted octanol–water partition coefficient (Wildman–Crippen LogP) is 5.36. The van der Waals surface area contributed by atoms with Crippen LogP contribution in [0, 0.1) is 6.92 Å².